The predicted octanol–water partition coefficient (Wildman–Crippen LogP) is 1.86. The van der Waals surface area contributed by atoms with Crippen molar-refractivity contribution in [2.45, 2.75) is 0 Å². The van der Waals surface area contributed by atoms with Crippen molar-refractivity contribution in [3.63, 3.8) is 0 Å². The Morgan fingerprint density at radius 3 is 2.46 bits per heavy atom. The van der Waals surface area contributed by atoms with Gasteiger partial charge in [0.15, 0.2) is 0 Å². The topological polar surface area (TPSA) is 136 Å². The van der Waals surface area contributed by atoms with Gasteiger partial charge in [-0.3, -0.25) is 23.7 Å². The summed E-state index contributed by atoms with van der Waals surface area (Å²) in [4.78, 5) is 53.1. The summed E-state index contributed by atoms with van der Waals surface area (Å²) >= 11 is 5.81. The van der Waals surface area contributed by atoms with Crippen LogP contribution in [0.2, 0.25) is 0 Å². The van der Waals surface area contributed by atoms with E-state index in [9.17, 15) is 23.6 Å². The van der Waals surface area contributed by atoms with Gasteiger partial charge < -0.3 is 26.0 Å². The van der Waals surface area contributed by atoms with E-state index in [2.05, 4.69) is 17.2 Å². The van der Waals surface area contributed by atoms with Crippen LogP contribution in [0, 0.1) is 23.6 Å². The summed E-state index contributed by atoms with van der Waals surface area (Å²) < 4.78 is 21.5. The quantitative estimate of drug-likeness (QED) is 0.425. The summed E-state index contributed by atoms with van der Waals surface area (Å²) in [7, 11) is 0. The van der Waals surface area contributed by atoms with Crippen LogP contribution >= 0.6 is 11.6 Å². The van der Waals surface area contributed by atoms with Crippen LogP contribution in [0.5, 0.6) is 0 Å². The van der Waals surface area contributed by atoms with Gasteiger partial charge in [-0.25, -0.2) is 4.39 Å². The number of amides is 3. The van der Waals surface area contributed by atoms with E-state index in [1.54, 1.807) is 17.0 Å². The van der Waals surface area contributed by atoms with Crippen LogP contribution in [0.25, 0.3) is 5.69 Å². The normalized spacial score (nSPS) is 20.9. The number of nitrogens with two attached hydrogens (primary N) is 1. The van der Waals surface area contributed by atoms with E-state index in [-0.39, 0.29) is 33.6 Å². The van der Waals surface area contributed by atoms with Crippen LogP contribution in [0.3, 0.4) is 0 Å². The molecule has 4 rings (SSSR count). The third kappa shape index (κ3) is 6.44. The Balaban J connectivity index is 1.51. The van der Waals surface area contributed by atoms with Crippen molar-refractivity contribution in [1.82, 2.24) is 14.8 Å². The van der Waals surface area contributed by atoms with Gasteiger partial charge in [-0.1, -0.05) is 24.2 Å². The molecular formula is C27H27ClFN5O5. The van der Waals surface area contributed by atoms with E-state index in [4.69, 9.17) is 22.1 Å². The Hall–Kier alpha value is -4.22. The van der Waals surface area contributed by atoms with Crippen molar-refractivity contribution in [1.29, 1.82) is 0 Å². The second-order valence-corrected chi connectivity index (χ2v) is 9.41. The summed E-state index contributed by atoms with van der Waals surface area (Å²) in [6.45, 7) is 5.11. The number of aromatic nitrogens is 1. The number of ether oxygens (including phenoxy) is 1. The lowest BCUT2D eigenvalue weighted by molar-refractivity contribution is -0.138. The Labute approximate surface area is 228 Å². The number of nitrogens with zero attached hydrogens (tertiary/aromatic N) is 2. The summed E-state index contributed by atoms with van der Waals surface area (Å²) in [6, 6.07) is 8.45. The van der Waals surface area contributed by atoms with Crippen molar-refractivity contribution >= 4 is 35.0 Å². The maximum absolute atomic E-state index is 14.9. The molecule has 12 heteroatoms. The Kier molecular flexibility index (Phi) is 8.62. The van der Waals surface area contributed by atoms with E-state index in [0.717, 1.165) is 12.3 Å². The number of carbonyl (C=O) groups excluding carboxylic acids is 3. The lowest BCUT2D eigenvalue weighted by atomic mass is 10.2. The first kappa shape index (κ1) is 27.8. The summed E-state index contributed by atoms with van der Waals surface area (Å²) in [5.41, 5.74) is 5.28. The van der Waals surface area contributed by atoms with Crippen LogP contribution in [-0.4, -0.2) is 53.5 Å². The average molecular weight is 556 g/mol. The van der Waals surface area contributed by atoms with Crippen LogP contribution < -0.4 is 21.9 Å². The fraction of sp³-hybridized carbons (Fsp3) is 0.259. The number of morpholine rings is 1. The van der Waals surface area contributed by atoms with Gasteiger partial charge in [-0.05, 0) is 30.4 Å². The van der Waals surface area contributed by atoms with Gasteiger partial charge in [0.25, 0.3) is 5.56 Å². The lowest BCUT2D eigenvalue weighted by Crippen LogP contribution is -2.42. The van der Waals surface area contributed by atoms with Crippen LogP contribution in [-0.2, 0) is 19.1 Å². The minimum atomic E-state index is -1.03. The second-order valence-electron chi connectivity index (χ2n) is 8.98. The number of allylic oxidation sites excluding steroid dienone is 3. The first-order valence-corrected chi connectivity index (χ1v) is 12.5. The highest BCUT2D eigenvalue weighted by molar-refractivity contribution is 6.31. The molecule has 1 aliphatic carbocycles. The summed E-state index contributed by atoms with van der Waals surface area (Å²) in [6.07, 6.45) is 5.51. The number of rotatable bonds is 8. The number of hydrogen-bond acceptors (Lipinski definition) is 6. The van der Waals surface area contributed by atoms with Gasteiger partial charge in [-0.15, -0.1) is 0 Å². The third-order valence-electron chi connectivity index (χ3n) is 6.43. The van der Waals surface area contributed by atoms with Crippen molar-refractivity contribution in [3.8, 4) is 5.69 Å². The highest BCUT2D eigenvalue weighted by atomic mass is 35.5. The van der Waals surface area contributed by atoms with E-state index >= 15 is 0 Å². The van der Waals surface area contributed by atoms with Crippen molar-refractivity contribution in [3.05, 3.63) is 94.4 Å². The fourth-order valence-corrected chi connectivity index (χ4v) is 4.46. The largest absolute Gasteiger partial charge is 0.403 e. The molecule has 2 fully saturated rings. The molecule has 1 aromatic heterocycles. The summed E-state index contributed by atoms with van der Waals surface area (Å²) in [5.74, 6) is -5.34. The lowest BCUT2D eigenvalue weighted by Gasteiger charge is -2.27. The third-order valence-corrected chi connectivity index (χ3v) is 6.68. The predicted molar refractivity (Wildman–Crippen MR) is 143 cm³/mol. The molecule has 3 atom stereocenters. The van der Waals surface area contributed by atoms with E-state index in [0.29, 0.717) is 26.3 Å². The molecular weight excluding hydrogens is 529 g/mol. The van der Waals surface area contributed by atoms with Gasteiger partial charge in [0.1, 0.15) is 5.82 Å². The van der Waals surface area contributed by atoms with Crippen LogP contribution in [0.15, 0.2) is 83.0 Å². The summed E-state index contributed by atoms with van der Waals surface area (Å²) in [5, 5.41) is 5.28. The molecule has 10 nitrogen and oxygen atoms in total. The number of benzene rings is 1. The first-order chi connectivity index (χ1) is 18.7. The molecule has 0 bridgehead atoms. The van der Waals surface area contributed by atoms with Crippen molar-refractivity contribution in [2.24, 2.45) is 23.5 Å². The SMILES string of the molecule is C=C(/C=C\C(Cl)=C/N)NC(=O)[C@@H]1C(C(=O)Nc2ccc(-n3ccccc3=O)cc2F)[C@H]1C(=O)N1CCOCC1. The number of anilines is 1. The number of halogens is 2. The first-order valence-electron chi connectivity index (χ1n) is 12.1. The molecule has 204 valence electrons. The van der Waals surface area contributed by atoms with Gasteiger partial charge in [0.05, 0.1) is 47.4 Å². The number of carbonyl (C=O) groups is 3. The number of hydrogen-bond donors (Lipinski definition) is 3. The van der Waals surface area contributed by atoms with Gasteiger partial charge >= 0.3 is 0 Å². The second kappa shape index (κ2) is 12.1. The zero-order valence-corrected chi connectivity index (χ0v) is 21.6. The molecule has 0 spiro atoms. The minimum absolute atomic E-state index is 0.146. The van der Waals surface area contributed by atoms with Crippen LogP contribution in [0.4, 0.5) is 10.1 Å². The molecule has 1 saturated carbocycles. The molecule has 1 unspecified atom stereocenters. The molecule has 0 radical (unpaired) electrons. The Bertz CT molecular complexity index is 1420. The molecule has 2 heterocycles. The highest BCUT2D eigenvalue weighted by Gasteiger charge is 2.63. The van der Waals surface area contributed by atoms with E-state index in [1.807, 2.05) is 0 Å². The number of nitrogens with one attached hydrogen (secondary N) is 2. The standard InChI is InChI=1S/C27H27ClFN5O5/c1-16(5-6-17(28)15-30)31-25(36)22-23(24(22)27(38)33-10-12-39-13-11-33)26(37)32-20-8-7-18(14-19(20)29)34-9-3-2-4-21(34)35/h2-9,14-15,22-24H,1,10-13,30H2,(H,31,36)(H,32,37)/b6-5-,17-15+/t22-,23?,24+/m1/s1. The Morgan fingerprint density at radius 1 is 1.08 bits per heavy atom. The minimum Gasteiger partial charge on any atom is -0.403 e. The molecule has 4 N–H and O–H groups in total. The van der Waals surface area contributed by atoms with E-state index in [1.165, 1.54) is 41.1 Å². The molecule has 1 saturated heterocycles. The molecule has 1 aliphatic heterocycles. The van der Waals surface area contributed by atoms with Gasteiger partial charge in [0, 0.05) is 43.3 Å². The van der Waals surface area contributed by atoms with Gasteiger partial charge in [0.2, 0.25) is 17.7 Å². The molecule has 3 amide bonds. The molecule has 2 aromatic rings. The van der Waals surface area contributed by atoms with Crippen molar-refractivity contribution < 1.29 is 23.5 Å². The average Bonchev–Trinajstić information content (AvgIpc) is 3.69. The maximum Gasteiger partial charge on any atom is 0.255 e. The van der Waals surface area contributed by atoms with Crippen LogP contribution in [0.1, 0.15) is 0 Å². The molecule has 2 aliphatic rings. The zero-order chi connectivity index (χ0) is 28.1. The zero-order valence-electron chi connectivity index (χ0n) is 20.8. The molecule has 39 heavy (non-hydrogen) atoms. The fourth-order valence-electron chi connectivity index (χ4n) is 4.40. The van der Waals surface area contributed by atoms with Crippen molar-refractivity contribution in [2.75, 3.05) is 31.6 Å². The monoisotopic (exact) mass is 555 g/mol. The molecule has 1 aromatic carbocycles. The van der Waals surface area contributed by atoms with E-state index < -0.39 is 35.4 Å². The van der Waals surface area contributed by atoms with Gasteiger partial charge in [-0.2, -0.15) is 0 Å². The highest BCUT2D eigenvalue weighted by Crippen LogP contribution is 2.48. The smallest absolute Gasteiger partial charge is 0.255 e. The number of pyridine rings is 1. The maximum atomic E-state index is 14.9. The Morgan fingerprint density at radius 2 is 1.79 bits per heavy atom.